The molecule has 30 heavy (non-hydrogen) atoms. The van der Waals surface area contributed by atoms with Crippen LogP contribution in [0.4, 0.5) is 8.78 Å². The summed E-state index contributed by atoms with van der Waals surface area (Å²) in [6, 6.07) is 4.54. The van der Waals surface area contributed by atoms with Crippen molar-refractivity contribution in [2.24, 2.45) is 5.41 Å². The van der Waals surface area contributed by atoms with Crippen LogP contribution in [-0.2, 0) is 25.5 Å². The maximum absolute atomic E-state index is 13.0. The summed E-state index contributed by atoms with van der Waals surface area (Å²) in [6.45, 7) is 4.97. The number of para-hydroxylation sites is 1. The minimum atomic E-state index is -3.18. The molecule has 1 aliphatic heterocycles. The van der Waals surface area contributed by atoms with Crippen LogP contribution in [0.2, 0.25) is 0 Å². The molecule has 1 aromatic carbocycles. The second-order valence-corrected chi connectivity index (χ2v) is 8.16. The highest BCUT2D eigenvalue weighted by molar-refractivity contribution is 6.47. The van der Waals surface area contributed by atoms with Crippen molar-refractivity contribution in [2.75, 3.05) is 6.79 Å². The predicted octanol–water partition coefficient (Wildman–Crippen LogP) is 1.87. The third kappa shape index (κ3) is 6.41. The van der Waals surface area contributed by atoms with Crippen LogP contribution in [-0.4, -0.2) is 48.6 Å². The number of ether oxygens (including phenoxy) is 2. The lowest BCUT2D eigenvalue weighted by Gasteiger charge is -2.29. The highest BCUT2D eigenvalue weighted by Gasteiger charge is 2.39. The van der Waals surface area contributed by atoms with Crippen LogP contribution in [0.5, 0.6) is 5.75 Å². The van der Waals surface area contributed by atoms with Gasteiger partial charge in [0.15, 0.2) is 0 Å². The smallest absolute Gasteiger partial charge is 0.534 e. The normalized spacial score (nSPS) is 16.2. The van der Waals surface area contributed by atoms with Gasteiger partial charge in [-0.1, -0.05) is 12.1 Å². The Morgan fingerprint density at radius 1 is 1.23 bits per heavy atom. The minimum Gasteiger partial charge on any atom is -0.534 e. The molecule has 1 unspecified atom stereocenters. The average Bonchev–Trinajstić information content (AvgIpc) is 2.59. The lowest BCUT2D eigenvalue weighted by molar-refractivity contribution is -0.161. The molecule has 0 spiro atoms. The maximum atomic E-state index is 13.0. The van der Waals surface area contributed by atoms with Crippen LogP contribution in [0.1, 0.15) is 50.0 Å². The van der Waals surface area contributed by atoms with Gasteiger partial charge in [0.25, 0.3) is 5.92 Å². The Morgan fingerprint density at radius 3 is 2.50 bits per heavy atom. The van der Waals surface area contributed by atoms with E-state index in [9.17, 15) is 28.2 Å². The predicted molar refractivity (Wildman–Crippen MR) is 102 cm³/mol. The molecule has 0 saturated heterocycles. The zero-order valence-electron chi connectivity index (χ0n) is 17.2. The van der Waals surface area contributed by atoms with E-state index < -0.39 is 55.5 Å². The fourth-order valence-corrected chi connectivity index (χ4v) is 2.68. The molecule has 0 saturated carbocycles. The molecular formula is C19H24BF2NO7. The first-order valence-electron chi connectivity index (χ1n) is 9.26. The number of halogens is 2. The number of benzene rings is 1. The number of hydrogen-bond donors (Lipinski definition) is 2. The van der Waals surface area contributed by atoms with E-state index in [4.69, 9.17) is 14.1 Å². The average molecular weight is 427 g/mol. The van der Waals surface area contributed by atoms with E-state index in [0.29, 0.717) is 12.5 Å². The van der Waals surface area contributed by atoms with E-state index in [0.717, 1.165) is 0 Å². The maximum Gasteiger partial charge on any atom is 0.547 e. The van der Waals surface area contributed by atoms with Crippen LogP contribution in [0, 0.1) is 5.41 Å². The number of carbonyl (C=O) groups is 3. The molecule has 164 valence electrons. The number of fused-ring (bicyclic) bond motifs is 1. The second-order valence-electron chi connectivity index (χ2n) is 8.16. The van der Waals surface area contributed by atoms with E-state index in [1.54, 1.807) is 26.8 Å². The van der Waals surface area contributed by atoms with Gasteiger partial charge >= 0.3 is 19.1 Å². The molecule has 1 amide bonds. The SMILES string of the molecule is CC(F)(F)CC(=O)NC1Cc2cccc(C(=O)OCOC(=O)C(C)(C)C)c2OB1O. The standard InChI is InChI=1S/C19H24BF2NO7/c1-18(2,3)17(26)29-10-28-16(25)12-7-5-6-11-8-13(20(27)30-15(11)12)23-14(24)9-19(4,21)22/h5-7,13,27H,8-10H2,1-4H3,(H,23,24). The number of hydrogen-bond acceptors (Lipinski definition) is 7. The van der Waals surface area contributed by atoms with Gasteiger partial charge in [0.2, 0.25) is 12.7 Å². The Labute approximate surface area is 173 Å². The van der Waals surface area contributed by atoms with Gasteiger partial charge in [-0.3, -0.25) is 9.59 Å². The van der Waals surface area contributed by atoms with E-state index in [1.807, 2.05) is 0 Å². The number of nitrogens with one attached hydrogen (secondary N) is 1. The molecule has 11 heteroatoms. The molecule has 1 atom stereocenters. The first kappa shape index (κ1) is 23.6. The van der Waals surface area contributed by atoms with Gasteiger partial charge < -0.3 is 24.5 Å². The van der Waals surface area contributed by atoms with E-state index in [1.165, 1.54) is 12.1 Å². The molecule has 8 nitrogen and oxygen atoms in total. The van der Waals surface area contributed by atoms with E-state index in [2.05, 4.69) is 5.32 Å². The van der Waals surface area contributed by atoms with E-state index in [-0.39, 0.29) is 17.7 Å². The summed E-state index contributed by atoms with van der Waals surface area (Å²) in [5.41, 5.74) is -0.301. The molecule has 1 aromatic rings. The Kier molecular flexibility index (Phi) is 7.07. The van der Waals surface area contributed by atoms with Gasteiger partial charge in [0.05, 0.1) is 17.8 Å². The third-order valence-electron chi connectivity index (χ3n) is 4.15. The van der Waals surface area contributed by atoms with Crippen molar-refractivity contribution in [1.29, 1.82) is 0 Å². The summed E-state index contributed by atoms with van der Waals surface area (Å²) in [4.78, 5) is 35.8. The van der Waals surface area contributed by atoms with Crippen molar-refractivity contribution < 1.29 is 42.3 Å². The van der Waals surface area contributed by atoms with Crippen molar-refractivity contribution in [3.63, 3.8) is 0 Å². The van der Waals surface area contributed by atoms with Gasteiger partial charge in [-0.05, 0) is 45.7 Å². The van der Waals surface area contributed by atoms with Crippen molar-refractivity contribution in [3.8, 4) is 5.75 Å². The number of carbonyl (C=O) groups excluding carboxylic acids is 3. The van der Waals surface area contributed by atoms with Crippen LogP contribution in [0.3, 0.4) is 0 Å². The summed E-state index contributed by atoms with van der Waals surface area (Å²) < 4.78 is 41.2. The van der Waals surface area contributed by atoms with Crippen molar-refractivity contribution >= 4 is 25.0 Å². The summed E-state index contributed by atoms with van der Waals surface area (Å²) in [6.07, 6.45) is -0.972. The van der Waals surface area contributed by atoms with Crippen LogP contribution >= 0.6 is 0 Å². The highest BCUT2D eigenvalue weighted by Crippen LogP contribution is 2.31. The minimum absolute atomic E-state index is 0.0109. The lowest BCUT2D eigenvalue weighted by atomic mass is 9.72. The molecule has 0 bridgehead atoms. The number of amides is 1. The monoisotopic (exact) mass is 427 g/mol. The topological polar surface area (TPSA) is 111 Å². The van der Waals surface area contributed by atoms with E-state index >= 15 is 0 Å². The molecule has 2 N–H and O–H groups in total. The number of esters is 2. The summed E-state index contributed by atoms with van der Waals surface area (Å²) in [5.74, 6) is -6.43. The molecule has 1 aliphatic rings. The zero-order valence-corrected chi connectivity index (χ0v) is 17.2. The summed E-state index contributed by atoms with van der Waals surface area (Å²) >= 11 is 0. The third-order valence-corrected chi connectivity index (χ3v) is 4.15. The Balaban J connectivity index is 2.04. The van der Waals surface area contributed by atoms with Crippen LogP contribution in [0.25, 0.3) is 0 Å². The van der Waals surface area contributed by atoms with Gasteiger partial charge in [-0.15, -0.1) is 0 Å². The molecular weight excluding hydrogens is 403 g/mol. The van der Waals surface area contributed by atoms with Gasteiger partial charge in [0, 0.05) is 0 Å². The fourth-order valence-electron chi connectivity index (χ4n) is 2.68. The van der Waals surface area contributed by atoms with Crippen molar-refractivity contribution in [2.45, 2.75) is 52.4 Å². The molecule has 0 aliphatic carbocycles. The molecule has 0 radical (unpaired) electrons. The Hall–Kier alpha value is -2.69. The Bertz CT molecular complexity index is 820. The summed E-state index contributed by atoms with van der Waals surface area (Å²) in [5, 5.41) is 12.5. The summed E-state index contributed by atoms with van der Waals surface area (Å²) in [7, 11) is -1.56. The number of alkyl halides is 2. The lowest BCUT2D eigenvalue weighted by Crippen LogP contribution is -2.53. The first-order valence-corrected chi connectivity index (χ1v) is 9.26. The molecule has 2 rings (SSSR count). The van der Waals surface area contributed by atoms with Crippen LogP contribution < -0.4 is 9.97 Å². The number of rotatable bonds is 6. The quantitative estimate of drug-likeness (QED) is 0.405. The molecule has 0 aromatic heterocycles. The van der Waals surface area contributed by atoms with Gasteiger partial charge in [0.1, 0.15) is 11.3 Å². The highest BCUT2D eigenvalue weighted by atomic mass is 19.3. The van der Waals surface area contributed by atoms with Gasteiger partial charge in [-0.2, -0.15) is 0 Å². The molecule has 0 fully saturated rings. The van der Waals surface area contributed by atoms with Crippen molar-refractivity contribution in [1.82, 2.24) is 5.32 Å². The Morgan fingerprint density at radius 2 is 1.90 bits per heavy atom. The first-order chi connectivity index (χ1) is 13.8. The molecule has 1 heterocycles. The fraction of sp³-hybridized carbons (Fsp3) is 0.526. The second kappa shape index (κ2) is 8.99. The van der Waals surface area contributed by atoms with Crippen LogP contribution in [0.15, 0.2) is 18.2 Å². The van der Waals surface area contributed by atoms with Gasteiger partial charge in [-0.25, -0.2) is 13.6 Å². The van der Waals surface area contributed by atoms with Crippen molar-refractivity contribution in [3.05, 3.63) is 29.3 Å². The largest absolute Gasteiger partial charge is 0.547 e. The zero-order chi connectivity index (χ0) is 22.7.